The maximum atomic E-state index is 6.25. The van der Waals surface area contributed by atoms with Crippen molar-refractivity contribution in [3.05, 3.63) is 63.8 Å². The lowest BCUT2D eigenvalue weighted by molar-refractivity contribution is 0.703. The maximum absolute atomic E-state index is 6.25. The summed E-state index contributed by atoms with van der Waals surface area (Å²) >= 11 is 7.95. The minimum absolute atomic E-state index is 0.697. The maximum Gasteiger partial charge on any atom is 0.140 e. The minimum atomic E-state index is 0.697. The van der Waals surface area contributed by atoms with E-state index < -0.39 is 0 Å². The molecule has 0 fully saturated rings. The lowest BCUT2D eigenvalue weighted by Crippen LogP contribution is -2.32. The van der Waals surface area contributed by atoms with Gasteiger partial charge in [-0.1, -0.05) is 11.6 Å². The Morgan fingerprint density at radius 2 is 1.96 bits per heavy atom. The van der Waals surface area contributed by atoms with Gasteiger partial charge in [-0.25, -0.2) is 15.0 Å². The van der Waals surface area contributed by atoms with Crippen LogP contribution in [0.2, 0.25) is 5.02 Å². The van der Waals surface area contributed by atoms with E-state index >= 15 is 0 Å². The van der Waals surface area contributed by atoms with Crippen molar-refractivity contribution in [3.63, 3.8) is 0 Å². The van der Waals surface area contributed by atoms with Crippen LogP contribution in [0, 0.1) is 13.8 Å². The van der Waals surface area contributed by atoms with Gasteiger partial charge in [0.1, 0.15) is 11.6 Å². The van der Waals surface area contributed by atoms with E-state index in [1.165, 1.54) is 5.56 Å². The first-order chi connectivity index (χ1) is 13.6. The molecule has 28 heavy (non-hydrogen) atoms. The molecule has 0 saturated heterocycles. The molecule has 0 spiro atoms. The molecule has 0 saturated carbocycles. The minimum Gasteiger partial charge on any atom is -0.351 e. The molecule has 0 aliphatic carbocycles. The smallest absolute Gasteiger partial charge is 0.140 e. The van der Waals surface area contributed by atoms with Crippen LogP contribution in [0.1, 0.15) is 22.1 Å². The third-order valence-electron chi connectivity index (χ3n) is 4.99. The summed E-state index contributed by atoms with van der Waals surface area (Å²) in [6, 6.07) is 8.03. The van der Waals surface area contributed by atoms with Gasteiger partial charge in [-0.15, -0.1) is 11.3 Å². The van der Waals surface area contributed by atoms with Crippen LogP contribution in [-0.2, 0) is 13.0 Å². The zero-order valence-corrected chi connectivity index (χ0v) is 17.2. The number of aromatic nitrogens is 4. The summed E-state index contributed by atoms with van der Waals surface area (Å²) < 4.78 is 0. The molecule has 4 aromatic rings. The normalized spacial score (nSPS) is 13.8. The Morgan fingerprint density at radius 1 is 1.07 bits per heavy atom. The van der Waals surface area contributed by atoms with E-state index in [2.05, 4.69) is 20.9 Å². The molecule has 0 unspecified atom stereocenters. The van der Waals surface area contributed by atoms with Crippen LogP contribution in [-0.4, -0.2) is 26.5 Å². The van der Waals surface area contributed by atoms with Crippen molar-refractivity contribution in [2.75, 3.05) is 11.4 Å². The quantitative estimate of drug-likeness (QED) is 0.469. The fourth-order valence-electron chi connectivity index (χ4n) is 3.68. The molecule has 1 aliphatic rings. The van der Waals surface area contributed by atoms with Gasteiger partial charge in [0.15, 0.2) is 0 Å². The first-order valence-corrected chi connectivity index (χ1v) is 10.4. The molecule has 0 amide bonds. The van der Waals surface area contributed by atoms with Crippen molar-refractivity contribution >= 4 is 39.7 Å². The summed E-state index contributed by atoms with van der Waals surface area (Å²) in [6.07, 6.45) is 4.78. The predicted octanol–water partition coefficient (Wildman–Crippen LogP) is 4.98. The number of thiazole rings is 1. The summed E-state index contributed by atoms with van der Waals surface area (Å²) in [5.41, 5.74) is 4.44. The zero-order chi connectivity index (χ0) is 19.3. The molecular weight excluding hydrogens is 390 g/mol. The molecular formula is C21H18ClN5S. The SMILES string of the molecule is Cc1nc(N2CCc3ncc(-c4cnc(C)s4)cc3C2)c2cc(Cl)ccc2n1. The van der Waals surface area contributed by atoms with Crippen LogP contribution >= 0.6 is 22.9 Å². The molecule has 0 bridgehead atoms. The van der Waals surface area contributed by atoms with Gasteiger partial charge in [0.25, 0.3) is 0 Å². The molecule has 7 heteroatoms. The molecule has 4 heterocycles. The van der Waals surface area contributed by atoms with Crippen LogP contribution in [0.25, 0.3) is 21.3 Å². The van der Waals surface area contributed by atoms with Crippen LogP contribution in [0.15, 0.2) is 36.7 Å². The van der Waals surface area contributed by atoms with Crippen molar-refractivity contribution in [1.29, 1.82) is 0 Å². The summed E-state index contributed by atoms with van der Waals surface area (Å²) in [6.45, 7) is 5.60. The third-order valence-corrected chi connectivity index (χ3v) is 6.19. The standard InChI is InChI=1S/C21H18ClN5S/c1-12-25-19-4-3-16(22)8-17(19)21(26-12)27-6-5-18-15(11-27)7-14(9-24-18)20-10-23-13(2)28-20/h3-4,7-10H,5-6,11H2,1-2H3. The van der Waals surface area contributed by atoms with Crippen molar-refractivity contribution in [1.82, 2.24) is 19.9 Å². The monoisotopic (exact) mass is 407 g/mol. The number of anilines is 1. The van der Waals surface area contributed by atoms with Crippen LogP contribution in [0.3, 0.4) is 0 Å². The first-order valence-electron chi connectivity index (χ1n) is 9.16. The van der Waals surface area contributed by atoms with E-state index in [4.69, 9.17) is 21.6 Å². The van der Waals surface area contributed by atoms with Gasteiger partial charge >= 0.3 is 0 Å². The van der Waals surface area contributed by atoms with E-state index in [9.17, 15) is 0 Å². The van der Waals surface area contributed by atoms with E-state index in [0.29, 0.717) is 5.02 Å². The number of benzene rings is 1. The summed E-state index contributed by atoms with van der Waals surface area (Å²) in [5.74, 6) is 1.71. The third kappa shape index (κ3) is 3.12. The van der Waals surface area contributed by atoms with Gasteiger partial charge in [-0.05, 0) is 43.7 Å². The lowest BCUT2D eigenvalue weighted by atomic mass is 10.0. The molecule has 3 aromatic heterocycles. The molecule has 140 valence electrons. The molecule has 1 aliphatic heterocycles. The van der Waals surface area contributed by atoms with Crippen LogP contribution in [0.5, 0.6) is 0 Å². The second-order valence-electron chi connectivity index (χ2n) is 7.00. The zero-order valence-electron chi connectivity index (χ0n) is 15.6. The highest BCUT2D eigenvalue weighted by Gasteiger charge is 2.22. The highest BCUT2D eigenvalue weighted by atomic mass is 35.5. The Bertz CT molecular complexity index is 1200. The van der Waals surface area contributed by atoms with Crippen molar-refractivity contribution in [2.45, 2.75) is 26.8 Å². The lowest BCUT2D eigenvalue weighted by Gasteiger charge is -2.30. The van der Waals surface area contributed by atoms with E-state index in [-0.39, 0.29) is 0 Å². The number of rotatable bonds is 2. The van der Waals surface area contributed by atoms with E-state index in [0.717, 1.165) is 63.2 Å². The Morgan fingerprint density at radius 3 is 2.79 bits per heavy atom. The van der Waals surface area contributed by atoms with E-state index in [1.54, 1.807) is 11.3 Å². The van der Waals surface area contributed by atoms with Gasteiger partial charge in [-0.2, -0.15) is 0 Å². The Balaban J connectivity index is 1.55. The second kappa shape index (κ2) is 6.79. The summed E-state index contributed by atoms with van der Waals surface area (Å²) in [7, 11) is 0. The number of nitrogens with zero attached hydrogens (tertiary/aromatic N) is 5. The summed E-state index contributed by atoms with van der Waals surface area (Å²) in [5, 5.41) is 2.75. The number of pyridine rings is 1. The molecule has 1 aromatic carbocycles. The van der Waals surface area contributed by atoms with E-state index in [1.807, 2.05) is 44.4 Å². The second-order valence-corrected chi connectivity index (χ2v) is 8.67. The number of fused-ring (bicyclic) bond motifs is 2. The number of halogens is 1. The first kappa shape index (κ1) is 17.5. The number of hydrogen-bond acceptors (Lipinski definition) is 6. The number of aryl methyl sites for hydroxylation is 2. The molecule has 0 N–H and O–H groups in total. The van der Waals surface area contributed by atoms with Gasteiger partial charge in [0.2, 0.25) is 0 Å². The fourth-order valence-corrected chi connectivity index (χ4v) is 4.61. The number of hydrogen-bond donors (Lipinski definition) is 0. The van der Waals surface area contributed by atoms with Crippen molar-refractivity contribution < 1.29 is 0 Å². The highest BCUT2D eigenvalue weighted by Crippen LogP contribution is 2.32. The Labute approximate surface area is 172 Å². The molecule has 5 rings (SSSR count). The average Bonchev–Trinajstić information content (AvgIpc) is 3.13. The highest BCUT2D eigenvalue weighted by molar-refractivity contribution is 7.15. The fraction of sp³-hybridized carbons (Fsp3) is 0.238. The molecule has 0 atom stereocenters. The molecule has 5 nitrogen and oxygen atoms in total. The predicted molar refractivity (Wildman–Crippen MR) is 114 cm³/mol. The van der Waals surface area contributed by atoms with Crippen molar-refractivity contribution in [3.8, 4) is 10.4 Å². The Kier molecular flexibility index (Phi) is 4.25. The van der Waals surface area contributed by atoms with Crippen LogP contribution in [0.4, 0.5) is 5.82 Å². The summed E-state index contributed by atoms with van der Waals surface area (Å²) in [4.78, 5) is 21.9. The van der Waals surface area contributed by atoms with Crippen LogP contribution < -0.4 is 4.90 Å². The van der Waals surface area contributed by atoms with Gasteiger partial charge < -0.3 is 4.90 Å². The average molecular weight is 408 g/mol. The largest absolute Gasteiger partial charge is 0.351 e. The van der Waals surface area contributed by atoms with Gasteiger partial charge in [0.05, 0.1) is 15.4 Å². The Hall–Kier alpha value is -2.57. The topological polar surface area (TPSA) is 54.8 Å². The van der Waals surface area contributed by atoms with Gasteiger partial charge in [0, 0.05) is 53.6 Å². The van der Waals surface area contributed by atoms with Crippen molar-refractivity contribution in [2.24, 2.45) is 0 Å². The van der Waals surface area contributed by atoms with Gasteiger partial charge in [-0.3, -0.25) is 4.98 Å². The molecule has 0 radical (unpaired) electrons.